The van der Waals surface area contributed by atoms with Crippen molar-refractivity contribution in [3.8, 4) is 17.2 Å². The predicted molar refractivity (Wildman–Crippen MR) is 108 cm³/mol. The zero-order valence-electron chi connectivity index (χ0n) is 16.3. The van der Waals surface area contributed by atoms with Gasteiger partial charge < -0.3 is 29.0 Å². The van der Waals surface area contributed by atoms with E-state index < -0.39 is 12.1 Å². The molecule has 7 nitrogen and oxygen atoms in total. The molecule has 0 aliphatic carbocycles. The minimum absolute atomic E-state index is 0.175. The molecule has 1 amide bonds. The number of methoxy groups -OCH3 is 2. The number of rotatable bonds is 7. The number of morpholine rings is 1. The summed E-state index contributed by atoms with van der Waals surface area (Å²) in [6.07, 6.45) is -0.564. The fourth-order valence-electron chi connectivity index (χ4n) is 3.38. The molecule has 0 saturated carbocycles. The molecule has 156 valence electrons. The molecule has 1 fully saturated rings. The van der Waals surface area contributed by atoms with Crippen LogP contribution in [0.2, 0.25) is 5.02 Å². The Labute approximate surface area is 174 Å². The molecule has 1 saturated heterocycles. The number of amides is 1. The Morgan fingerprint density at radius 2 is 1.93 bits per heavy atom. The fourth-order valence-corrected chi connectivity index (χ4v) is 3.57. The quantitative estimate of drug-likeness (QED) is 0.740. The van der Waals surface area contributed by atoms with Crippen molar-refractivity contribution in [2.75, 3.05) is 40.6 Å². The summed E-state index contributed by atoms with van der Waals surface area (Å²) in [5, 5.41) is 10.3. The molecule has 2 aromatic carbocycles. The van der Waals surface area contributed by atoms with E-state index in [9.17, 15) is 9.90 Å². The van der Waals surface area contributed by atoms with Gasteiger partial charge in [-0.2, -0.15) is 0 Å². The first-order valence-electron chi connectivity index (χ1n) is 9.20. The Kier molecular flexibility index (Phi) is 7.19. The molecule has 0 aromatic heterocycles. The van der Waals surface area contributed by atoms with Crippen molar-refractivity contribution >= 4 is 17.5 Å². The third-order valence-electron chi connectivity index (χ3n) is 4.79. The molecule has 2 aromatic rings. The maximum absolute atomic E-state index is 13.0. The van der Waals surface area contributed by atoms with Gasteiger partial charge >= 0.3 is 0 Å². The first-order chi connectivity index (χ1) is 14.1. The highest BCUT2D eigenvalue weighted by atomic mass is 35.5. The van der Waals surface area contributed by atoms with E-state index >= 15 is 0 Å². The molecule has 29 heavy (non-hydrogen) atoms. The summed E-state index contributed by atoms with van der Waals surface area (Å²) in [5.74, 6) is 1.32. The lowest BCUT2D eigenvalue weighted by Gasteiger charge is -2.41. The van der Waals surface area contributed by atoms with Crippen molar-refractivity contribution in [3.63, 3.8) is 0 Å². The average molecular weight is 422 g/mol. The number of hydrogen-bond acceptors (Lipinski definition) is 6. The Bertz CT molecular complexity index is 846. The lowest BCUT2D eigenvalue weighted by atomic mass is 9.97. The molecule has 1 aliphatic rings. The highest BCUT2D eigenvalue weighted by molar-refractivity contribution is 6.32. The standard InChI is InChI=1S/C21H24ClNO6/c1-26-17-8-7-14(11-18(17)27-2)21-19(12-24)28-10-9-23(21)20(25)13-29-16-6-4-3-5-15(16)22/h3-8,11,19,21,24H,9-10,12-13H2,1-2H3/t19-,21-/m1/s1. The number of ether oxygens (including phenoxy) is 4. The summed E-state index contributed by atoms with van der Waals surface area (Å²) < 4.78 is 22.0. The molecule has 0 unspecified atom stereocenters. The van der Waals surface area contributed by atoms with Gasteiger partial charge in [-0.05, 0) is 29.8 Å². The number of carbonyl (C=O) groups excluding carboxylic acids is 1. The number of carbonyl (C=O) groups is 1. The first kappa shape index (κ1) is 21.2. The van der Waals surface area contributed by atoms with Gasteiger partial charge in [-0.3, -0.25) is 4.79 Å². The highest BCUT2D eigenvalue weighted by Gasteiger charge is 2.36. The van der Waals surface area contributed by atoms with Crippen molar-refractivity contribution < 1.29 is 28.8 Å². The molecule has 1 aliphatic heterocycles. The van der Waals surface area contributed by atoms with Crippen molar-refractivity contribution in [2.45, 2.75) is 12.1 Å². The van der Waals surface area contributed by atoms with Gasteiger partial charge in [0.2, 0.25) is 0 Å². The van der Waals surface area contributed by atoms with Crippen LogP contribution in [0.4, 0.5) is 0 Å². The Balaban J connectivity index is 1.83. The van der Waals surface area contributed by atoms with E-state index in [1.165, 1.54) is 0 Å². The monoisotopic (exact) mass is 421 g/mol. The average Bonchev–Trinajstić information content (AvgIpc) is 2.77. The van der Waals surface area contributed by atoms with Gasteiger partial charge in [-0.15, -0.1) is 0 Å². The van der Waals surface area contributed by atoms with Gasteiger partial charge in [0.05, 0.1) is 38.5 Å². The van der Waals surface area contributed by atoms with Gasteiger partial charge in [-0.25, -0.2) is 0 Å². The normalized spacial score (nSPS) is 19.0. The van der Waals surface area contributed by atoms with Crippen LogP contribution in [0.1, 0.15) is 11.6 Å². The van der Waals surface area contributed by atoms with Gasteiger partial charge in [0.25, 0.3) is 5.91 Å². The summed E-state index contributed by atoms with van der Waals surface area (Å²) in [6, 6.07) is 11.9. The van der Waals surface area contributed by atoms with Crippen molar-refractivity contribution in [1.29, 1.82) is 0 Å². The molecule has 3 rings (SSSR count). The molecule has 0 bridgehead atoms. The summed E-state index contributed by atoms with van der Waals surface area (Å²) >= 11 is 6.10. The molecule has 8 heteroatoms. The van der Waals surface area contributed by atoms with Gasteiger partial charge in [0, 0.05) is 6.54 Å². The summed E-state index contributed by atoms with van der Waals surface area (Å²) in [4.78, 5) is 14.6. The van der Waals surface area contributed by atoms with Crippen LogP contribution in [0.5, 0.6) is 17.2 Å². The van der Waals surface area contributed by atoms with E-state index in [1.54, 1.807) is 55.5 Å². The lowest BCUT2D eigenvalue weighted by molar-refractivity contribution is -0.152. The number of aliphatic hydroxyl groups excluding tert-OH is 1. The minimum atomic E-state index is -0.564. The molecule has 2 atom stereocenters. The largest absolute Gasteiger partial charge is 0.493 e. The molecule has 0 spiro atoms. The van der Waals surface area contributed by atoms with Crippen LogP contribution >= 0.6 is 11.6 Å². The topological polar surface area (TPSA) is 77.5 Å². The van der Waals surface area contributed by atoms with Crippen molar-refractivity contribution in [3.05, 3.63) is 53.1 Å². The van der Waals surface area contributed by atoms with E-state index in [0.29, 0.717) is 35.4 Å². The number of benzene rings is 2. The second kappa shape index (κ2) is 9.82. The fraction of sp³-hybridized carbons (Fsp3) is 0.381. The first-order valence-corrected chi connectivity index (χ1v) is 9.58. The second-order valence-electron chi connectivity index (χ2n) is 6.46. The number of para-hydroxylation sites is 1. The van der Waals surface area contributed by atoms with E-state index in [-0.39, 0.29) is 19.1 Å². The maximum Gasteiger partial charge on any atom is 0.261 e. The SMILES string of the molecule is COc1ccc([C@@H]2[C@@H](CO)OCCN2C(=O)COc2ccccc2Cl)cc1OC. The molecule has 1 N–H and O–H groups in total. The molecular weight excluding hydrogens is 398 g/mol. The minimum Gasteiger partial charge on any atom is -0.493 e. The lowest BCUT2D eigenvalue weighted by Crippen LogP contribution is -2.50. The van der Waals surface area contributed by atoms with Crippen LogP contribution in [0.25, 0.3) is 0 Å². The van der Waals surface area contributed by atoms with Crippen LogP contribution in [0, 0.1) is 0 Å². The smallest absolute Gasteiger partial charge is 0.261 e. The Morgan fingerprint density at radius 3 is 2.62 bits per heavy atom. The number of nitrogens with zero attached hydrogens (tertiary/aromatic N) is 1. The molecule has 0 radical (unpaired) electrons. The van der Waals surface area contributed by atoms with Crippen LogP contribution < -0.4 is 14.2 Å². The third-order valence-corrected chi connectivity index (χ3v) is 5.10. The van der Waals surface area contributed by atoms with E-state index in [2.05, 4.69) is 0 Å². The van der Waals surface area contributed by atoms with Crippen molar-refractivity contribution in [1.82, 2.24) is 4.90 Å². The van der Waals surface area contributed by atoms with Crippen LogP contribution in [0.3, 0.4) is 0 Å². The summed E-state index contributed by atoms with van der Waals surface area (Å²) in [6.45, 7) is 0.299. The third kappa shape index (κ3) is 4.75. The summed E-state index contributed by atoms with van der Waals surface area (Å²) in [5.41, 5.74) is 0.771. The van der Waals surface area contributed by atoms with Crippen LogP contribution in [-0.4, -0.2) is 62.6 Å². The molecular formula is C21H24ClNO6. The number of hydrogen-bond donors (Lipinski definition) is 1. The van der Waals surface area contributed by atoms with Crippen LogP contribution in [0.15, 0.2) is 42.5 Å². The molecule has 1 heterocycles. The number of aliphatic hydroxyl groups is 1. The van der Waals surface area contributed by atoms with E-state index in [1.807, 2.05) is 6.07 Å². The van der Waals surface area contributed by atoms with Gasteiger partial charge in [-0.1, -0.05) is 29.8 Å². The zero-order chi connectivity index (χ0) is 20.8. The maximum atomic E-state index is 13.0. The number of halogens is 1. The Morgan fingerprint density at radius 1 is 1.17 bits per heavy atom. The summed E-state index contributed by atoms with van der Waals surface area (Å²) in [7, 11) is 3.10. The van der Waals surface area contributed by atoms with Gasteiger partial charge in [0.15, 0.2) is 18.1 Å². The van der Waals surface area contributed by atoms with Crippen molar-refractivity contribution in [2.24, 2.45) is 0 Å². The van der Waals surface area contributed by atoms with E-state index in [0.717, 1.165) is 5.56 Å². The second-order valence-corrected chi connectivity index (χ2v) is 6.86. The zero-order valence-corrected chi connectivity index (χ0v) is 17.1. The Hall–Kier alpha value is -2.48. The predicted octanol–water partition coefficient (Wildman–Crippen LogP) is 2.70. The highest BCUT2D eigenvalue weighted by Crippen LogP contribution is 2.35. The van der Waals surface area contributed by atoms with Gasteiger partial charge in [0.1, 0.15) is 11.9 Å². The van der Waals surface area contributed by atoms with Crippen LogP contribution in [-0.2, 0) is 9.53 Å². The van der Waals surface area contributed by atoms with E-state index in [4.69, 9.17) is 30.5 Å².